The Kier molecular flexibility index (Phi) is 7.43. The molecule has 8 heteroatoms. The highest BCUT2D eigenvalue weighted by atomic mass is 35.5. The van der Waals surface area contributed by atoms with Crippen LogP contribution in [0.3, 0.4) is 0 Å². The van der Waals surface area contributed by atoms with Crippen LogP contribution in [0.1, 0.15) is 40.4 Å². The van der Waals surface area contributed by atoms with E-state index in [2.05, 4.69) is 10.1 Å². The van der Waals surface area contributed by atoms with Gasteiger partial charge >= 0.3 is 5.97 Å². The lowest BCUT2D eigenvalue weighted by Gasteiger charge is -2.14. The van der Waals surface area contributed by atoms with Gasteiger partial charge in [0.1, 0.15) is 17.1 Å². The summed E-state index contributed by atoms with van der Waals surface area (Å²) in [5.41, 5.74) is 1.28. The van der Waals surface area contributed by atoms with Crippen LogP contribution in [0.25, 0.3) is 0 Å². The molecule has 1 atom stereocenters. The number of rotatable bonds is 7. The van der Waals surface area contributed by atoms with Gasteiger partial charge in [0.05, 0.1) is 34.7 Å². The highest BCUT2D eigenvalue weighted by Crippen LogP contribution is 2.26. The van der Waals surface area contributed by atoms with Crippen LogP contribution in [0.2, 0.25) is 10.0 Å². The van der Waals surface area contributed by atoms with E-state index >= 15 is 0 Å². The SMILES string of the molecule is COC(=O)c1cc(CSCC(=O)N[C@H](C)c2ccc(Cl)c(Cl)c2)oc1C. The number of amides is 1. The molecule has 0 spiro atoms. The molecule has 1 amide bonds. The first-order valence-corrected chi connectivity index (χ1v) is 9.72. The Morgan fingerprint density at radius 2 is 2.00 bits per heavy atom. The van der Waals surface area contributed by atoms with E-state index in [1.807, 2.05) is 13.0 Å². The van der Waals surface area contributed by atoms with Gasteiger partial charge in [-0.2, -0.15) is 0 Å². The Morgan fingerprint density at radius 1 is 1.27 bits per heavy atom. The smallest absolute Gasteiger partial charge is 0.341 e. The van der Waals surface area contributed by atoms with Crippen LogP contribution in [0, 0.1) is 6.92 Å². The fourth-order valence-corrected chi connectivity index (χ4v) is 3.34. The van der Waals surface area contributed by atoms with E-state index in [-0.39, 0.29) is 17.7 Å². The molecule has 5 nitrogen and oxygen atoms in total. The number of methoxy groups -OCH3 is 1. The lowest BCUT2D eigenvalue weighted by Crippen LogP contribution is -2.28. The van der Waals surface area contributed by atoms with Crippen molar-refractivity contribution >= 4 is 46.8 Å². The molecule has 1 heterocycles. The lowest BCUT2D eigenvalue weighted by molar-refractivity contribution is -0.119. The number of esters is 1. The van der Waals surface area contributed by atoms with Crippen LogP contribution in [-0.4, -0.2) is 24.7 Å². The minimum atomic E-state index is -0.435. The molecule has 0 fully saturated rings. The molecule has 0 aliphatic carbocycles. The van der Waals surface area contributed by atoms with Crippen molar-refractivity contribution in [2.24, 2.45) is 0 Å². The molecule has 0 unspecified atom stereocenters. The van der Waals surface area contributed by atoms with Gasteiger partial charge in [-0.3, -0.25) is 4.79 Å². The van der Waals surface area contributed by atoms with E-state index in [0.717, 1.165) is 5.56 Å². The van der Waals surface area contributed by atoms with Crippen molar-refractivity contribution in [3.05, 3.63) is 57.0 Å². The first kappa shape index (κ1) is 20.7. The summed E-state index contributed by atoms with van der Waals surface area (Å²) < 4.78 is 10.2. The van der Waals surface area contributed by atoms with Gasteiger partial charge in [-0.25, -0.2) is 4.79 Å². The first-order valence-electron chi connectivity index (χ1n) is 7.81. The summed E-state index contributed by atoms with van der Waals surface area (Å²) in [6.07, 6.45) is 0. The third kappa shape index (κ3) is 5.43. The zero-order chi connectivity index (χ0) is 19.3. The number of thioether (sulfide) groups is 1. The second-order valence-electron chi connectivity index (χ2n) is 5.63. The number of hydrogen-bond donors (Lipinski definition) is 1. The molecule has 0 saturated heterocycles. The zero-order valence-corrected chi connectivity index (χ0v) is 16.9. The maximum absolute atomic E-state index is 12.1. The molecule has 0 radical (unpaired) electrons. The second kappa shape index (κ2) is 9.35. The van der Waals surface area contributed by atoms with Crippen LogP contribution in [0.4, 0.5) is 0 Å². The fourth-order valence-electron chi connectivity index (χ4n) is 2.32. The molecule has 140 valence electrons. The fraction of sp³-hybridized carbons (Fsp3) is 0.333. The van der Waals surface area contributed by atoms with E-state index in [1.54, 1.807) is 25.1 Å². The molecule has 0 aliphatic rings. The molecule has 1 N–H and O–H groups in total. The zero-order valence-electron chi connectivity index (χ0n) is 14.6. The Morgan fingerprint density at radius 3 is 2.65 bits per heavy atom. The van der Waals surface area contributed by atoms with E-state index in [1.165, 1.54) is 18.9 Å². The molecule has 26 heavy (non-hydrogen) atoms. The molecule has 2 aromatic rings. The topological polar surface area (TPSA) is 68.5 Å². The predicted molar refractivity (Wildman–Crippen MR) is 104 cm³/mol. The molecule has 0 bridgehead atoms. The Bertz CT molecular complexity index is 806. The molecule has 0 aliphatic heterocycles. The van der Waals surface area contributed by atoms with Crippen molar-refractivity contribution in [3.8, 4) is 0 Å². The maximum Gasteiger partial charge on any atom is 0.341 e. The minimum absolute atomic E-state index is 0.106. The third-order valence-electron chi connectivity index (χ3n) is 3.67. The number of carbonyl (C=O) groups is 2. The summed E-state index contributed by atoms with van der Waals surface area (Å²) in [5, 5.41) is 3.84. The van der Waals surface area contributed by atoms with Gasteiger partial charge in [0.2, 0.25) is 5.91 Å². The van der Waals surface area contributed by atoms with E-state index in [4.69, 9.17) is 27.6 Å². The lowest BCUT2D eigenvalue weighted by atomic mass is 10.1. The average molecular weight is 416 g/mol. The minimum Gasteiger partial charge on any atom is -0.465 e. The van der Waals surface area contributed by atoms with Crippen LogP contribution < -0.4 is 5.32 Å². The summed E-state index contributed by atoms with van der Waals surface area (Å²) in [6, 6.07) is 6.72. The van der Waals surface area contributed by atoms with Crippen molar-refractivity contribution in [1.29, 1.82) is 0 Å². The number of carbonyl (C=O) groups excluding carboxylic acids is 2. The normalized spacial score (nSPS) is 11.9. The van der Waals surface area contributed by atoms with Gasteiger partial charge in [0, 0.05) is 0 Å². The maximum atomic E-state index is 12.1. The van der Waals surface area contributed by atoms with Crippen LogP contribution in [0.5, 0.6) is 0 Å². The van der Waals surface area contributed by atoms with Crippen molar-refractivity contribution in [2.45, 2.75) is 25.6 Å². The number of halogens is 2. The van der Waals surface area contributed by atoms with Gasteiger partial charge < -0.3 is 14.5 Å². The first-order chi connectivity index (χ1) is 12.3. The van der Waals surface area contributed by atoms with E-state index in [0.29, 0.717) is 32.9 Å². The van der Waals surface area contributed by atoms with Gasteiger partial charge in [-0.05, 0) is 37.6 Å². The highest BCUT2D eigenvalue weighted by Gasteiger charge is 2.16. The van der Waals surface area contributed by atoms with Gasteiger partial charge in [0.25, 0.3) is 0 Å². The predicted octanol–water partition coefficient (Wildman–Crippen LogP) is 4.79. The molecule has 1 aromatic heterocycles. The summed E-state index contributed by atoms with van der Waals surface area (Å²) >= 11 is 13.3. The summed E-state index contributed by atoms with van der Waals surface area (Å²) in [6.45, 7) is 3.58. The van der Waals surface area contributed by atoms with E-state index in [9.17, 15) is 9.59 Å². The number of benzene rings is 1. The molecule has 0 saturated carbocycles. The monoisotopic (exact) mass is 415 g/mol. The summed E-state index contributed by atoms with van der Waals surface area (Å²) in [7, 11) is 1.32. The number of aryl methyl sites for hydroxylation is 1. The van der Waals surface area contributed by atoms with Crippen molar-refractivity contribution in [3.63, 3.8) is 0 Å². The van der Waals surface area contributed by atoms with Gasteiger partial charge in [-0.15, -0.1) is 11.8 Å². The number of hydrogen-bond acceptors (Lipinski definition) is 5. The second-order valence-corrected chi connectivity index (χ2v) is 7.43. The average Bonchev–Trinajstić information content (AvgIpc) is 2.97. The van der Waals surface area contributed by atoms with Crippen LogP contribution in [0.15, 0.2) is 28.7 Å². The number of ether oxygens (including phenoxy) is 1. The Hall–Kier alpha value is -1.63. The van der Waals surface area contributed by atoms with E-state index < -0.39 is 5.97 Å². The largest absolute Gasteiger partial charge is 0.465 e. The van der Waals surface area contributed by atoms with Crippen LogP contribution in [-0.2, 0) is 15.3 Å². The van der Waals surface area contributed by atoms with Crippen molar-refractivity contribution in [1.82, 2.24) is 5.32 Å². The number of nitrogens with one attached hydrogen (secondary N) is 1. The standard InChI is InChI=1S/C18H19Cl2NO4S/c1-10(12-4-5-15(19)16(20)6-12)21-17(22)9-26-8-13-7-14(11(2)25-13)18(23)24-3/h4-7,10H,8-9H2,1-3H3,(H,21,22)/t10-/m1/s1. The van der Waals surface area contributed by atoms with Gasteiger partial charge in [0.15, 0.2) is 0 Å². The Labute approximate surface area is 166 Å². The third-order valence-corrected chi connectivity index (χ3v) is 5.37. The summed E-state index contributed by atoms with van der Waals surface area (Å²) in [4.78, 5) is 23.7. The molecular formula is C18H19Cl2NO4S. The molecule has 1 aromatic carbocycles. The van der Waals surface area contributed by atoms with Gasteiger partial charge in [-0.1, -0.05) is 29.3 Å². The number of furan rings is 1. The van der Waals surface area contributed by atoms with Crippen molar-refractivity contribution < 1.29 is 18.7 Å². The highest BCUT2D eigenvalue weighted by molar-refractivity contribution is 7.99. The molecule has 2 rings (SSSR count). The van der Waals surface area contributed by atoms with Crippen molar-refractivity contribution in [2.75, 3.05) is 12.9 Å². The summed E-state index contributed by atoms with van der Waals surface area (Å²) in [5.74, 6) is 1.33. The quantitative estimate of drug-likeness (QED) is 0.658. The van der Waals surface area contributed by atoms with Crippen LogP contribution >= 0.6 is 35.0 Å². The Balaban J connectivity index is 1.83. The molecular weight excluding hydrogens is 397 g/mol.